The van der Waals surface area contributed by atoms with Gasteiger partial charge in [0.2, 0.25) is 0 Å². The van der Waals surface area contributed by atoms with E-state index in [4.69, 9.17) is 0 Å². The second-order valence-electron chi connectivity index (χ2n) is 7.31. The number of nitrogens with one attached hydrogen (secondary N) is 2. The number of carbonyl (C=O) groups excluding carboxylic acids is 1. The molecule has 0 aliphatic carbocycles. The number of benzene rings is 3. The van der Waals surface area contributed by atoms with Crippen molar-refractivity contribution in [2.75, 3.05) is 10.0 Å². The summed E-state index contributed by atoms with van der Waals surface area (Å²) in [5.41, 5.74) is 3.99. The number of aryl methyl sites for hydroxylation is 2. The van der Waals surface area contributed by atoms with Gasteiger partial charge in [-0.1, -0.05) is 30.3 Å². The zero-order valence-corrected chi connectivity index (χ0v) is 18.4. The van der Waals surface area contributed by atoms with Gasteiger partial charge in [-0.2, -0.15) is 5.10 Å². The van der Waals surface area contributed by atoms with Crippen molar-refractivity contribution in [3.05, 3.63) is 102 Å². The SMILES string of the molecule is Cc1cc(C)n(-c2ccccc2NC(=O)c2ccc(S(=O)(=O)Nc3ccccc3)cc2)n1. The van der Waals surface area contributed by atoms with Crippen LogP contribution in [0.2, 0.25) is 0 Å². The molecule has 1 aromatic heterocycles. The van der Waals surface area contributed by atoms with Crippen LogP contribution >= 0.6 is 0 Å². The summed E-state index contributed by atoms with van der Waals surface area (Å²) in [5, 5.41) is 7.38. The monoisotopic (exact) mass is 446 g/mol. The van der Waals surface area contributed by atoms with Crippen molar-refractivity contribution in [3.8, 4) is 5.69 Å². The number of nitrogens with zero attached hydrogens (tertiary/aromatic N) is 2. The van der Waals surface area contributed by atoms with Crippen LogP contribution in [0.15, 0.2) is 89.8 Å². The average molecular weight is 447 g/mol. The summed E-state index contributed by atoms with van der Waals surface area (Å²) in [6.45, 7) is 3.86. The molecule has 8 heteroatoms. The molecule has 3 aromatic carbocycles. The highest BCUT2D eigenvalue weighted by Gasteiger charge is 2.16. The van der Waals surface area contributed by atoms with E-state index in [0.717, 1.165) is 17.1 Å². The molecule has 0 bridgehead atoms. The van der Waals surface area contributed by atoms with E-state index < -0.39 is 10.0 Å². The highest BCUT2D eigenvalue weighted by molar-refractivity contribution is 7.92. The molecular weight excluding hydrogens is 424 g/mol. The van der Waals surface area contributed by atoms with Crippen LogP contribution in [0.3, 0.4) is 0 Å². The Kier molecular flexibility index (Phi) is 5.79. The molecule has 0 aliphatic rings. The summed E-state index contributed by atoms with van der Waals surface area (Å²) >= 11 is 0. The maximum atomic E-state index is 12.8. The number of hydrogen-bond acceptors (Lipinski definition) is 4. The number of aromatic nitrogens is 2. The number of anilines is 2. The fourth-order valence-electron chi connectivity index (χ4n) is 3.34. The summed E-state index contributed by atoms with van der Waals surface area (Å²) in [4.78, 5) is 12.9. The summed E-state index contributed by atoms with van der Waals surface area (Å²) in [6.07, 6.45) is 0. The van der Waals surface area contributed by atoms with Crippen LogP contribution in [0.5, 0.6) is 0 Å². The van der Waals surface area contributed by atoms with Crippen LogP contribution in [0.4, 0.5) is 11.4 Å². The van der Waals surface area contributed by atoms with Gasteiger partial charge in [-0.25, -0.2) is 13.1 Å². The van der Waals surface area contributed by atoms with Gasteiger partial charge in [0, 0.05) is 16.9 Å². The van der Waals surface area contributed by atoms with Gasteiger partial charge in [0.15, 0.2) is 0 Å². The second kappa shape index (κ2) is 8.68. The molecule has 4 aromatic rings. The van der Waals surface area contributed by atoms with Crippen molar-refractivity contribution in [1.29, 1.82) is 0 Å². The van der Waals surface area contributed by atoms with Crippen LogP contribution in [-0.2, 0) is 10.0 Å². The number of hydrogen-bond donors (Lipinski definition) is 2. The van der Waals surface area contributed by atoms with E-state index in [1.165, 1.54) is 24.3 Å². The standard InChI is InChI=1S/C24H22N4O3S/c1-17-16-18(2)28(26-17)23-11-7-6-10-22(23)25-24(29)19-12-14-21(15-13-19)32(30,31)27-20-8-4-3-5-9-20/h3-16,27H,1-2H3,(H,25,29). The Morgan fingerprint density at radius 3 is 2.19 bits per heavy atom. The van der Waals surface area contributed by atoms with Gasteiger partial charge in [0.05, 0.1) is 22.0 Å². The topological polar surface area (TPSA) is 93.1 Å². The molecule has 162 valence electrons. The fraction of sp³-hybridized carbons (Fsp3) is 0.0833. The third-order valence-electron chi connectivity index (χ3n) is 4.84. The summed E-state index contributed by atoms with van der Waals surface area (Å²) < 4.78 is 29.5. The summed E-state index contributed by atoms with van der Waals surface area (Å²) in [7, 11) is -3.75. The molecular formula is C24H22N4O3S. The lowest BCUT2D eigenvalue weighted by molar-refractivity contribution is 0.102. The summed E-state index contributed by atoms with van der Waals surface area (Å²) in [6, 6.07) is 23.8. The van der Waals surface area contributed by atoms with Crippen LogP contribution in [0.1, 0.15) is 21.7 Å². The number of rotatable bonds is 6. The number of amides is 1. The van der Waals surface area contributed by atoms with Gasteiger partial charge in [-0.3, -0.25) is 9.52 Å². The maximum Gasteiger partial charge on any atom is 0.261 e. The van der Waals surface area contributed by atoms with Gasteiger partial charge < -0.3 is 5.32 Å². The molecule has 7 nitrogen and oxygen atoms in total. The Hall–Kier alpha value is -3.91. The molecule has 32 heavy (non-hydrogen) atoms. The number of sulfonamides is 1. The van der Waals surface area contributed by atoms with Crippen LogP contribution in [0, 0.1) is 13.8 Å². The molecule has 0 atom stereocenters. The van der Waals surface area contributed by atoms with Gasteiger partial charge in [-0.05, 0) is 68.4 Å². The Morgan fingerprint density at radius 2 is 1.53 bits per heavy atom. The van der Waals surface area contributed by atoms with Gasteiger partial charge >= 0.3 is 0 Å². The largest absolute Gasteiger partial charge is 0.320 e. The van der Waals surface area contributed by atoms with E-state index in [2.05, 4.69) is 15.1 Å². The second-order valence-corrected chi connectivity index (χ2v) is 8.99. The molecule has 1 heterocycles. The highest BCUT2D eigenvalue weighted by atomic mass is 32.2. The third-order valence-corrected chi connectivity index (χ3v) is 6.24. The van der Waals surface area contributed by atoms with E-state index in [0.29, 0.717) is 16.9 Å². The molecule has 0 spiro atoms. The zero-order chi connectivity index (χ0) is 22.7. The van der Waals surface area contributed by atoms with Crippen molar-refractivity contribution < 1.29 is 13.2 Å². The van der Waals surface area contributed by atoms with Crippen molar-refractivity contribution in [1.82, 2.24) is 9.78 Å². The van der Waals surface area contributed by atoms with E-state index in [1.54, 1.807) is 41.1 Å². The quantitative estimate of drug-likeness (QED) is 0.455. The Morgan fingerprint density at radius 1 is 0.875 bits per heavy atom. The third kappa shape index (κ3) is 4.55. The molecule has 0 aliphatic heterocycles. The lowest BCUT2D eigenvalue weighted by Gasteiger charge is -2.13. The molecule has 0 unspecified atom stereocenters. The first kappa shape index (κ1) is 21.3. The van der Waals surface area contributed by atoms with Crippen LogP contribution in [0.25, 0.3) is 5.69 Å². The molecule has 0 saturated carbocycles. The Bertz CT molecular complexity index is 1360. The van der Waals surface area contributed by atoms with Gasteiger partial charge in [0.25, 0.3) is 15.9 Å². The van der Waals surface area contributed by atoms with Gasteiger partial charge in [-0.15, -0.1) is 0 Å². The van der Waals surface area contributed by atoms with E-state index >= 15 is 0 Å². The first-order valence-corrected chi connectivity index (χ1v) is 11.4. The minimum atomic E-state index is -3.75. The number of carbonyl (C=O) groups is 1. The van der Waals surface area contributed by atoms with Crippen LogP contribution in [-0.4, -0.2) is 24.1 Å². The molecule has 0 fully saturated rings. The van der Waals surface area contributed by atoms with Crippen molar-refractivity contribution in [2.45, 2.75) is 18.7 Å². The van der Waals surface area contributed by atoms with Crippen molar-refractivity contribution in [3.63, 3.8) is 0 Å². The Balaban J connectivity index is 1.54. The van der Waals surface area contributed by atoms with Crippen molar-refractivity contribution >= 4 is 27.3 Å². The normalized spacial score (nSPS) is 11.2. The molecule has 4 rings (SSSR count). The minimum Gasteiger partial charge on any atom is -0.320 e. The van der Waals surface area contributed by atoms with Crippen molar-refractivity contribution in [2.24, 2.45) is 0 Å². The average Bonchev–Trinajstić information content (AvgIpc) is 3.12. The fourth-order valence-corrected chi connectivity index (χ4v) is 4.40. The zero-order valence-electron chi connectivity index (χ0n) is 17.6. The molecule has 1 amide bonds. The molecule has 0 saturated heterocycles. The first-order valence-electron chi connectivity index (χ1n) is 9.95. The predicted octanol–water partition coefficient (Wildman–Crippen LogP) is 4.54. The molecule has 0 radical (unpaired) electrons. The highest BCUT2D eigenvalue weighted by Crippen LogP contribution is 2.23. The molecule has 2 N–H and O–H groups in total. The smallest absolute Gasteiger partial charge is 0.261 e. The van der Waals surface area contributed by atoms with Gasteiger partial charge in [0.1, 0.15) is 0 Å². The lowest BCUT2D eigenvalue weighted by atomic mass is 10.2. The van der Waals surface area contributed by atoms with E-state index in [9.17, 15) is 13.2 Å². The predicted molar refractivity (Wildman–Crippen MR) is 125 cm³/mol. The maximum absolute atomic E-state index is 12.8. The minimum absolute atomic E-state index is 0.0703. The first-order chi connectivity index (χ1) is 15.3. The van der Waals surface area contributed by atoms with Crippen LogP contribution < -0.4 is 10.0 Å². The van der Waals surface area contributed by atoms with E-state index in [1.807, 2.05) is 38.1 Å². The van der Waals surface area contributed by atoms with E-state index in [-0.39, 0.29) is 10.8 Å². The Labute approximate surface area is 186 Å². The summed E-state index contributed by atoms with van der Waals surface area (Å²) in [5.74, 6) is -0.348. The number of para-hydroxylation sites is 3. The lowest BCUT2D eigenvalue weighted by Crippen LogP contribution is -2.16.